The maximum atomic E-state index is 13.0. The van der Waals surface area contributed by atoms with Crippen LogP contribution in [0.15, 0.2) is 46.9 Å². The van der Waals surface area contributed by atoms with Gasteiger partial charge in [-0.3, -0.25) is 4.79 Å². The molecule has 2 aromatic carbocycles. The van der Waals surface area contributed by atoms with Crippen molar-refractivity contribution in [1.29, 1.82) is 0 Å². The normalized spacial score (nSPS) is 17.1. The molecule has 1 heterocycles. The summed E-state index contributed by atoms with van der Waals surface area (Å²) >= 11 is 3.44. The van der Waals surface area contributed by atoms with E-state index < -0.39 is 0 Å². The number of morpholine rings is 1. The van der Waals surface area contributed by atoms with E-state index in [4.69, 9.17) is 14.2 Å². The van der Waals surface area contributed by atoms with Crippen LogP contribution in [0.1, 0.15) is 35.9 Å². The first-order chi connectivity index (χ1) is 13.0. The number of hydrogen-bond acceptors (Lipinski definition) is 4. The number of benzene rings is 2. The summed E-state index contributed by atoms with van der Waals surface area (Å²) in [5.41, 5.74) is 1.65. The summed E-state index contributed by atoms with van der Waals surface area (Å²) in [6.45, 7) is 5.51. The van der Waals surface area contributed by atoms with Gasteiger partial charge in [0, 0.05) is 16.6 Å². The fourth-order valence-corrected chi connectivity index (χ4v) is 3.31. The molecule has 0 radical (unpaired) electrons. The second-order valence-electron chi connectivity index (χ2n) is 6.69. The van der Waals surface area contributed by atoms with Crippen molar-refractivity contribution in [2.24, 2.45) is 0 Å². The summed E-state index contributed by atoms with van der Waals surface area (Å²) in [7, 11) is 1.58. The minimum absolute atomic E-state index is 0.0326. The molecule has 5 nitrogen and oxygen atoms in total. The zero-order valence-electron chi connectivity index (χ0n) is 15.8. The van der Waals surface area contributed by atoms with Crippen LogP contribution in [0, 0.1) is 0 Å². The van der Waals surface area contributed by atoms with Crippen molar-refractivity contribution in [3.8, 4) is 11.5 Å². The van der Waals surface area contributed by atoms with Gasteiger partial charge in [0.15, 0.2) is 11.5 Å². The van der Waals surface area contributed by atoms with Gasteiger partial charge in [0.2, 0.25) is 0 Å². The summed E-state index contributed by atoms with van der Waals surface area (Å²) < 4.78 is 18.0. The number of carbonyl (C=O) groups is 1. The summed E-state index contributed by atoms with van der Waals surface area (Å²) in [6, 6.07) is 13.3. The number of methoxy groups -OCH3 is 1. The number of nitrogens with zero attached hydrogens (tertiary/aromatic N) is 1. The Kier molecular flexibility index (Phi) is 6.39. The Balaban J connectivity index is 1.75. The lowest BCUT2D eigenvalue weighted by atomic mass is 10.1. The highest BCUT2D eigenvalue weighted by atomic mass is 79.9. The number of carbonyl (C=O) groups excluding carboxylic acids is 1. The Morgan fingerprint density at radius 3 is 2.59 bits per heavy atom. The van der Waals surface area contributed by atoms with Crippen LogP contribution in [0.3, 0.4) is 0 Å². The fourth-order valence-electron chi connectivity index (χ4n) is 3.05. The van der Waals surface area contributed by atoms with Crippen LogP contribution in [0.25, 0.3) is 0 Å². The standard InChI is InChI=1S/C21H24BrNO4/c1-14(2)27-18-9-6-16(12-19(18)25-3)21(24)23-10-11-26-20(13-23)15-4-7-17(22)8-5-15/h4-9,12,14,20H,10-11,13H2,1-3H3/t20-/m1/s1. The van der Waals surface area contributed by atoms with Crippen LogP contribution in [0.2, 0.25) is 0 Å². The zero-order chi connectivity index (χ0) is 19.4. The third-order valence-electron chi connectivity index (χ3n) is 4.37. The largest absolute Gasteiger partial charge is 0.493 e. The Labute approximate surface area is 168 Å². The van der Waals surface area contributed by atoms with Gasteiger partial charge in [-0.05, 0) is 49.7 Å². The molecule has 0 spiro atoms. The molecular weight excluding hydrogens is 410 g/mol. The average molecular weight is 434 g/mol. The second-order valence-corrected chi connectivity index (χ2v) is 7.61. The summed E-state index contributed by atoms with van der Waals surface area (Å²) in [4.78, 5) is 14.8. The molecule has 0 bridgehead atoms. The molecule has 6 heteroatoms. The van der Waals surface area contributed by atoms with E-state index >= 15 is 0 Å². The van der Waals surface area contributed by atoms with Crippen molar-refractivity contribution in [2.45, 2.75) is 26.1 Å². The smallest absolute Gasteiger partial charge is 0.254 e. The van der Waals surface area contributed by atoms with Crippen molar-refractivity contribution in [1.82, 2.24) is 4.90 Å². The lowest BCUT2D eigenvalue weighted by Crippen LogP contribution is -2.42. The van der Waals surface area contributed by atoms with Crippen molar-refractivity contribution in [3.63, 3.8) is 0 Å². The maximum Gasteiger partial charge on any atom is 0.254 e. The maximum absolute atomic E-state index is 13.0. The van der Waals surface area contributed by atoms with Crippen molar-refractivity contribution in [3.05, 3.63) is 58.1 Å². The van der Waals surface area contributed by atoms with Gasteiger partial charge < -0.3 is 19.1 Å². The van der Waals surface area contributed by atoms with E-state index in [1.807, 2.05) is 43.0 Å². The molecule has 3 rings (SSSR count). The van der Waals surface area contributed by atoms with Gasteiger partial charge >= 0.3 is 0 Å². The molecule has 0 N–H and O–H groups in total. The first-order valence-corrected chi connectivity index (χ1v) is 9.78. The van der Waals surface area contributed by atoms with E-state index in [0.29, 0.717) is 36.8 Å². The lowest BCUT2D eigenvalue weighted by molar-refractivity contribution is -0.0228. The van der Waals surface area contributed by atoms with Gasteiger partial charge in [-0.1, -0.05) is 28.1 Å². The topological polar surface area (TPSA) is 48.0 Å². The van der Waals surface area contributed by atoms with Gasteiger partial charge in [0.05, 0.1) is 26.4 Å². The van der Waals surface area contributed by atoms with Crippen LogP contribution < -0.4 is 9.47 Å². The SMILES string of the molecule is COc1cc(C(=O)N2CCO[C@@H](c3ccc(Br)cc3)C2)ccc1OC(C)C. The first kappa shape index (κ1) is 19.7. The lowest BCUT2D eigenvalue weighted by Gasteiger charge is -2.33. The Hall–Kier alpha value is -2.05. The average Bonchev–Trinajstić information content (AvgIpc) is 2.68. The minimum atomic E-state index is -0.124. The third-order valence-corrected chi connectivity index (χ3v) is 4.90. The molecule has 0 unspecified atom stereocenters. The van der Waals surface area contributed by atoms with E-state index in [0.717, 1.165) is 10.0 Å². The fraction of sp³-hybridized carbons (Fsp3) is 0.381. The highest BCUT2D eigenvalue weighted by molar-refractivity contribution is 9.10. The minimum Gasteiger partial charge on any atom is -0.493 e. The van der Waals surface area contributed by atoms with Crippen LogP contribution in [0.4, 0.5) is 0 Å². The number of halogens is 1. The van der Waals surface area contributed by atoms with Crippen LogP contribution in [-0.2, 0) is 4.74 Å². The van der Waals surface area contributed by atoms with E-state index in [1.54, 1.807) is 25.3 Å². The molecule has 1 fully saturated rings. The number of ether oxygens (including phenoxy) is 3. The predicted molar refractivity (Wildman–Crippen MR) is 107 cm³/mol. The van der Waals surface area contributed by atoms with E-state index in [9.17, 15) is 4.79 Å². The zero-order valence-corrected chi connectivity index (χ0v) is 17.4. The molecule has 2 aromatic rings. The van der Waals surface area contributed by atoms with Gasteiger partial charge in [-0.25, -0.2) is 0 Å². The van der Waals surface area contributed by atoms with Crippen LogP contribution >= 0.6 is 15.9 Å². The quantitative estimate of drug-likeness (QED) is 0.698. The monoisotopic (exact) mass is 433 g/mol. The van der Waals surface area contributed by atoms with Gasteiger partial charge in [0.1, 0.15) is 6.10 Å². The van der Waals surface area contributed by atoms with Crippen molar-refractivity contribution in [2.75, 3.05) is 26.8 Å². The van der Waals surface area contributed by atoms with Crippen LogP contribution in [0.5, 0.6) is 11.5 Å². The first-order valence-electron chi connectivity index (χ1n) is 8.99. The molecule has 27 heavy (non-hydrogen) atoms. The number of amides is 1. The molecule has 0 saturated carbocycles. The Morgan fingerprint density at radius 2 is 1.93 bits per heavy atom. The van der Waals surface area contributed by atoms with Crippen LogP contribution in [-0.4, -0.2) is 43.7 Å². The summed E-state index contributed by atoms with van der Waals surface area (Å²) in [5.74, 6) is 1.17. The molecule has 144 valence electrons. The second kappa shape index (κ2) is 8.76. The molecule has 1 aliphatic heterocycles. The molecule has 1 aliphatic rings. The highest BCUT2D eigenvalue weighted by Gasteiger charge is 2.26. The molecule has 1 amide bonds. The van der Waals surface area contributed by atoms with Crippen molar-refractivity contribution >= 4 is 21.8 Å². The van der Waals surface area contributed by atoms with E-state index in [-0.39, 0.29) is 18.1 Å². The summed E-state index contributed by atoms with van der Waals surface area (Å²) in [5, 5.41) is 0. The number of hydrogen-bond donors (Lipinski definition) is 0. The molecule has 1 atom stereocenters. The highest BCUT2D eigenvalue weighted by Crippen LogP contribution is 2.30. The van der Waals surface area contributed by atoms with Gasteiger partial charge in [-0.2, -0.15) is 0 Å². The molecule has 0 aromatic heterocycles. The van der Waals surface area contributed by atoms with Gasteiger partial charge in [0.25, 0.3) is 5.91 Å². The van der Waals surface area contributed by atoms with E-state index in [2.05, 4.69) is 15.9 Å². The number of rotatable bonds is 5. The third kappa shape index (κ3) is 4.82. The Bertz CT molecular complexity index is 791. The summed E-state index contributed by atoms with van der Waals surface area (Å²) in [6.07, 6.45) is -0.0902. The predicted octanol–water partition coefficient (Wildman–Crippen LogP) is 4.46. The van der Waals surface area contributed by atoms with Gasteiger partial charge in [-0.15, -0.1) is 0 Å². The Morgan fingerprint density at radius 1 is 1.19 bits per heavy atom. The van der Waals surface area contributed by atoms with E-state index in [1.165, 1.54) is 0 Å². The molecular formula is C21H24BrNO4. The van der Waals surface area contributed by atoms with Crippen molar-refractivity contribution < 1.29 is 19.0 Å². The molecule has 1 saturated heterocycles. The molecule has 0 aliphatic carbocycles.